The van der Waals surface area contributed by atoms with Gasteiger partial charge in [-0.2, -0.15) is 0 Å². The molecule has 1 aromatic rings. The third-order valence-corrected chi connectivity index (χ3v) is 7.24. The van der Waals surface area contributed by atoms with Crippen molar-refractivity contribution in [2.45, 2.75) is 45.7 Å². The Hall–Kier alpha value is -0.920. The van der Waals surface area contributed by atoms with Gasteiger partial charge in [0, 0.05) is 38.1 Å². The van der Waals surface area contributed by atoms with Gasteiger partial charge >= 0.3 is 0 Å². The average Bonchev–Trinajstić information content (AvgIpc) is 2.91. The summed E-state index contributed by atoms with van der Waals surface area (Å²) in [5.41, 5.74) is 1.11. The van der Waals surface area contributed by atoms with Crippen molar-refractivity contribution in [3.63, 3.8) is 0 Å². The Morgan fingerprint density at radius 2 is 1.86 bits per heavy atom. The quantitative estimate of drug-likeness (QED) is 0.836. The number of piperidine rings is 1. The maximum Gasteiger partial charge on any atom is 0.213 e. The summed E-state index contributed by atoms with van der Waals surface area (Å²) in [6, 6.07) is 0. The Morgan fingerprint density at radius 1 is 1.18 bits per heavy atom. The van der Waals surface area contributed by atoms with Crippen molar-refractivity contribution in [1.82, 2.24) is 18.8 Å². The standard InChI is InChI=1S/C15H26N4O2S/c1-4-17-10-11-19-13(3)12-16-14(19)15(17)6-8-18(9-7-15)22(20,21)5-2/h12H,4-11H2,1-3H3. The first-order valence-corrected chi connectivity index (χ1v) is 9.81. The van der Waals surface area contributed by atoms with E-state index in [0.717, 1.165) is 38.3 Å². The zero-order chi connectivity index (χ0) is 16.0. The average molecular weight is 326 g/mol. The molecule has 1 fully saturated rings. The molecule has 0 amide bonds. The molecule has 1 spiro atoms. The third-order valence-electron chi connectivity index (χ3n) is 5.36. The van der Waals surface area contributed by atoms with Crippen LogP contribution in [0.25, 0.3) is 0 Å². The van der Waals surface area contributed by atoms with Gasteiger partial charge in [-0.05, 0) is 33.2 Å². The predicted molar refractivity (Wildman–Crippen MR) is 86.2 cm³/mol. The lowest BCUT2D eigenvalue weighted by molar-refractivity contribution is 0.00933. The third kappa shape index (κ3) is 2.30. The van der Waals surface area contributed by atoms with Crippen LogP contribution in [-0.2, 0) is 22.1 Å². The number of likely N-dealkylation sites (N-methyl/N-ethyl adjacent to an activating group) is 1. The summed E-state index contributed by atoms with van der Waals surface area (Å²) in [6.45, 7) is 10.2. The molecule has 2 aliphatic heterocycles. The van der Waals surface area contributed by atoms with Crippen LogP contribution in [0.15, 0.2) is 6.20 Å². The number of aryl methyl sites for hydroxylation is 1. The Kier molecular flexibility index (Phi) is 4.07. The number of aromatic nitrogens is 2. The van der Waals surface area contributed by atoms with Crippen LogP contribution in [0.2, 0.25) is 0 Å². The molecule has 0 aliphatic carbocycles. The van der Waals surface area contributed by atoms with E-state index in [-0.39, 0.29) is 11.3 Å². The molecule has 0 radical (unpaired) electrons. The van der Waals surface area contributed by atoms with Crippen LogP contribution < -0.4 is 0 Å². The van der Waals surface area contributed by atoms with Crippen molar-refractivity contribution in [2.24, 2.45) is 0 Å². The van der Waals surface area contributed by atoms with Gasteiger partial charge in [0.1, 0.15) is 5.82 Å². The van der Waals surface area contributed by atoms with Crippen LogP contribution in [0.5, 0.6) is 0 Å². The number of hydrogen-bond acceptors (Lipinski definition) is 4. The van der Waals surface area contributed by atoms with Crippen molar-refractivity contribution < 1.29 is 8.42 Å². The fourth-order valence-electron chi connectivity index (χ4n) is 4.01. The zero-order valence-corrected chi connectivity index (χ0v) is 14.6. The predicted octanol–water partition coefficient (Wildman–Crippen LogP) is 1.17. The summed E-state index contributed by atoms with van der Waals surface area (Å²) in [5.74, 6) is 1.32. The first kappa shape index (κ1) is 16.0. The Morgan fingerprint density at radius 3 is 2.45 bits per heavy atom. The van der Waals surface area contributed by atoms with E-state index >= 15 is 0 Å². The summed E-state index contributed by atoms with van der Waals surface area (Å²) in [7, 11) is -3.09. The summed E-state index contributed by atoms with van der Waals surface area (Å²) < 4.78 is 28.2. The van der Waals surface area contributed by atoms with E-state index in [9.17, 15) is 8.42 Å². The summed E-state index contributed by atoms with van der Waals surface area (Å²) in [6.07, 6.45) is 3.61. The van der Waals surface area contributed by atoms with Gasteiger partial charge in [-0.15, -0.1) is 0 Å². The van der Waals surface area contributed by atoms with E-state index in [4.69, 9.17) is 4.98 Å². The van der Waals surface area contributed by atoms with Gasteiger partial charge in [0.2, 0.25) is 10.0 Å². The first-order valence-electron chi connectivity index (χ1n) is 8.20. The minimum absolute atomic E-state index is 0.0962. The van der Waals surface area contributed by atoms with E-state index in [1.165, 1.54) is 5.69 Å². The lowest BCUT2D eigenvalue weighted by atomic mass is 9.84. The molecule has 0 N–H and O–H groups in total. The van der Waals surface area contributed by atoms with Crippen LogP contribution in [0, 0.1) is 6.92 Å². The fraction of sp³-hybridized carbons (Fsp3) is 0.800. The maximum atomic E-state index is 12.1. The smallest absolute Gasteiger partial charge is 0.213 e. The van der Waals surface area contributed by atoms with E-state index < -0.39 is 10.0 Å². The second-order valence-electron chi connectivity index (χ2n) is 6.29. The van der Waals surface area contributed by atoms with E-state index in [2.05, 4.69) is 23.3 Å². The molecule has 6 nitrogen and oxygen atoms in total. The summed E-state index contributed by atoms with van der Waals surface area (Å²) in [4.78, 5) is 7.18. The molecule has 3 rings (SSSR count). The van der Waals surface area contributed by atoms with Gasteiger partial charge in [-0.3, -0.25) is 4.90 Å². The molecule has 124 valence electrons. The highest BCUT2D eigenvalue weighted by Crippen LogP contribution is 2.41. The van der Waals surface area contributed by atoms with E-state index in [0.29, 0.717) is 13.1 Å². The van der Waals surface area contributed by atoms with Gasteiger partial charge in [-0.1, -0.05) is 6.92 Å². The lowest BCUT2D eigenvalue weighted by Gasteiger charge is -2.50. The minimum atomic E-state index is -3.09. The molecule has 0 aromatic carbocycles. The normalized spacial score (nSPS) is 22.9. The van der Waals surface area contributed by atoms with Gasteiger partial charge < -0.3 is 4.57 Å². The molecule has 0 bridgehead atoms. The number of hydrogen-bond donors (Lipinski definition) is 0. The van der Waals surface area contributed by atoms with Crippen molar-refractivity contribution >= 4 is 10.0 Å². The number of rotatable bonds is 3. The highest BCUT2D eigenvalue weighted by molar-refractivity contribution is 7.89. The van der Waals surface area contributed by atoms with Crippen LogP contribution in [0.4, 0.5) is 0 Å². The largest absolute Gasteiger partial charge is 0.329 e. The molecule has 1 saturated heterocycles. The lowest BCUT2D eigenvalue weighted by Crippen LogP contribution is -2.58. The van der Waals surface area contributed by atoms with Crippen LogP contribution in [0.3, 0.4) is 0 Å². The zero-order valence-electron chi connectivity index (χ0n) is 13.7. The van der Waals surface area contributed by atoms with Crippen molar-refractivity contribution in [3.8, 4) is 0 Å². The SMILES string of the molecule is CCN1CCn2c(C)cnc2C12CCN(S(=O)(=O)CC)CC2. The highest BCUT2D eigenvalue weighted by Gasteiger charge is 2.47. The molecular formula is C15H26N4O2S. The number of imidazole rings is 1. The minimum Gasteiger partial charge on any atom is -0.329 e. The van der Waals surface area contributed by atoms with E-state index in [1.54, 1.807) is 11.2 Å². The maximum absolute atomic E-state index is 12.1. The van der Waals surface area contributed by atoms with Crippen LogP contribution in [0.1, 0.15) is 38.2 Å². The molecule has 0 unspecified atom stereocenters. The van der Waals surface area contributed by atoms with Crippen molar-refractivity contribution in [1.29, 1.82) is 0 Å². The van der Waals surface area contributed by atoms with Gasteiger partial charge in [0.15, 0.2) is 0 Å². The monoisotopic (exact) mass is 326 g/mol. The van der Waals surface area contributed by atoms with Crippen molar-refractivity contribution in [2.75, 3.05) is 31.9 Å². The van der Waals surface area contributed by atoms with Gasteiger partial charge in [0.25, 0.3) is 0 Å². The number of sulfonamides is 1. The molecule has 0 atom stereocenters. The van der Waals surface area contributed by atoms with Crippen LogP contribution >= 0.6 is 0 Å². The Balaban J connectivity index is 1.92. The number of nitrogens with zero attached hydrogens (tertiary/aromatic N) is 4. The van der Waals surface area contributed by atoms with Gasteiger partial charge in [-0.25, -0.2) is 17.7 Å². The summed E-state index contributed by atoms with van der Waals surface area (Å²) >= 11 is 0. The number of fused-ring (bicyclic) bond motifs is 2. The Bertz CT molecular complexity index is 644. The first-order chi connectivity index (χ1) is 10.4. The second-order valence-corrected chi connectivity index (χ2v) is 8.54. The summed E-state index contributed by atoms with van der Waals surface area (Å²) in [5, 5.41) is 0. The second kappa shape index (κ2) is 5.62. The topological polar surface area (TPSA) is 58.4 Å². The molecule has 7 heteroatoms. The molecule has 1 aromatic heterocycles. The molecule has 2 aliphatic rings. The molecular weight excluding hydrogens is 300 g/mol. The Labute approximate surface area is 133 Å². The molecule has 0 saturated carbocycles. The van der Waals surface area contributed by atoms with Crippen molar-refractivity contribution in [3.05, 3.63) is 17.7 Å². The van der Waals surface area contributed by atoms with Gasteiger partial charge in [0.05, 0.1) is 11.3 Å². The fourth-order valence-corrected chi connectivity index (χ4v) is 5.11. The highest BCUT2D eigenvalue weighted by atomic mass is 32.2. The molecule has 3 heterocycles. The van der Waals surface area contributed by atoms with E-state index in [1.807, 2.05) is 6.20 Å². The molecule has 22 heavy (non-hydrogen) atoms. The van der Waals surface area contributed by atoms with Crippen LogP contribution in [-0.4, -0.2) is 59.1 Å².